The SMILES string of the molecule is C=CC(=O)N(c1cccc(C)c1)C1CCOCC1. The van der Waals surface area contributed by atoms with Crippen LogP contribution in [0.15, 0.2) is 36.9 Å². The van der Waals surface area contributed by atoms with Crippen molar-refractivity contribution in [2.24, 2.45) is 0 Å². The molecule has 0 bridgehead atoms. The lowest BCUT2D eigenvalue weighted by Gasteiger charge is -2.33. The number of carbonyl (C=O) groups is 1. The van der Waals surface area contributed by atoms with Crippen LogP contribution < -0.4 is 4.90 Å². The minimum atomic E-state index is -0.0347. The Balaban J connectivity index is 2.29. The average Bonchev–Trinajstić information content (AvgIpc) is 2.40. The lowest BCUT2D eigenvalue weighted by atomic mass is 10.1. The molecule has 0 aromatic heterocycles. The minimum absolute atomic E-state index is 0.0347. The quantitative estimate of drug-likeness (QED) is 0.766. The van der Waals surface area contributed by atoms with Gasteiger partial charge < -0.3 is 9.64 Å². The molecule has 2 rings (SSSR count). The van der Waals surface area contributed by atoms with Crippen LogP contribution in [-0.2, 0) is 9.53 Å². The molecular weight excluding hydrogens is 226 g/mol. The van der Waals surface area contributed by atoms with Crippen LogP contribution in [0.4, 0.5) is 5.69 Å². The van der Waals surface area contributed by atoms with Crippen LogP contribution in [0.25, 0.3) is 0 Å². The zero-order valence-electron chi connectivity index (χ0n) is 10.8. The highest BCUT2D eigenvalue weighted by Gasteiger charge is 2.25. The van der Waals surface area contributed by atoms with Crippen molar-refractivity contribution < 1.29 is 9.53 Å². The molecule has 3 heteroatoms. The smallest absolute Gasteiger partial charge is 0.250 e. The number of nitrogens with zero attached hydrogens (tertiary/aromatic N) is 1. The topological polar surface area (TPSA) is 29.5 Å². The summed E-state index contributed by atoms with van der Waals surface area (Å²) in [6.45, 7) is 7.07. The predicted octanol–water partition coefficient (Wildman–Crippen LogP) is 2.69. The monoisotopic (exact) mass is 245 g/mol. The lowest BCUT2D eigenvalue weighted by molar-refractivity contribution is -0.115. The van der Waals surface area contributed by atoms with Crippen molar-refractivity contribution >= 4 is 11.6 Å². The molecule has 0 aliphatic carbocycles. The Morgan fingerprint density at radius 1 is 1.44 bits per heavy atom. The predicted molar refractivity (Wildman–Crippen MR) is 72.7 cm³/mol. The summed E-state index contributed by atoms with van der Waals surface area (Å²) in [6.07, 6.45) is 3.15. The van der Waals surface area contributed by atoms with E-state index in [1.807, 2.05) is 36.1 Å². The Labute approximate surface area is 108 Å². The molecule has 1 aromatic carbocycles. The number of ether oxygens (including phenoxy) is 1. The second kappa shape index (κ2) is 5.83. The van der Waals surface area contributed by atoms with E-state index < -0.39 is 0 Å². The molecule has 0 radical (unpaired) electrons. The van der Waals surface area contributed by atoms with E-state index in [9.17, 15) is 4.79 Å². The first-order chi connectivity index (χ1) is 8.72. The Bertz CT molecular complexity index is 436. The summed E-state index contributed by atoms with van der Waals surface area (Å²) in [5.74, 6) is -0.0347. The molecular formula is C15H19NO2. The van der Waals surface area contributed by atoms with Gasteiger partial charge in [0.25, 0.3) is 5.91 Å². The molecule has 3 nitrogen and oxygen atoms in total. The van der Waals surface area contributed by atoms with E-state index in [0.717, 1.165) is 37.3 Å². The van der Waals surface area contributed by atoms with Gasteiger partial charge in [-0.05, 0) is 43.5 Å². The van der Waals surface area contributed by atoms with E-state index in [1.54, 1.807) is 0 Å². The Morgan fingerprint density at radius 3 is 2.78 bits per heavy atom. The Hall–Kier alpha value is -1.61. The van der Waals surface area contributed by atoms with Gasteiger partial charge in [0, 0.05) is 24.9 Å². The molecule has 18 heavy (non-hydrogen) atoms. The van der Waals surface area contributed by atoms with Crippen molar-refractivity contribution in [3.8, 4) is 0 Å². The second-order valence-corrected chi connectivity index (χ2v) is 4.59. The molecule has 0 spiro atoms. The standard InChI is InChI=1S/C15H19NO2/c1-3-15(17)16(13-7-9-18-10-8-13)14-6-4-5-12(2)11-14/h3-6,11,13H,1,7-10H2,2H3. The highest BCUT2D eigenvalue weighted by atomic mass is 16.5. The summed E-state index contributed by atoms with van der Waals surface area (Å²) in [5, 5.41) is 0. The fourth-order valence-electron chi connectivity index (χ4n) is 2.34. The zero-order valence-corrected chi connectivity index (χ0v) is 10.8. The summed E-state index contributed by atoms with van der Waals surface area (Å²) in [6, 6.07) is 8.24. The third kappa shape index (κ3) is 2.79. The van der Waals surface area contributed by atoms with E-state index in [-0.39, 0.29) is 11.9 Å². The molecule has 1 aromatic rings. The first-order valence-electron chi connectivity index (χ1n) is 6.32. The molecule has 1 saturated heterocycles. The molecule has 1 heterocycles. The lowest BCUT2D eigenvalue weighted by Crippen LogP contribution is -2.42. The number of anilines is 1. The van der Waals surface area contributed by atoms with Crippen molar-refractivity contribution in [3.63, 3.8) is 0 Å². The maximum absolute atomic E-state index is 12.1. The van der Waals surface area contributed by atoms with Crippen LogP contribution in [0.2, 0.25) is 0 Å². The highest BCUT2D eigenvalue weighted by molar-refractivity contribution is 6.01. The minimum Gasteiger partial charge on any atom is -0.381 e. The molecule has 1 aliphatic rings. The van der Waals surface area contributed by atoms with Crippen molar-refractivity contribution in [2.75, 3.05) is 18.1 Å². The van der Waals surface area contributed by atoms with Gasteiger partial charge in [-0.25, -0.2) is 0 Å². The van der Waals surface area contributed by atoms with Gasteiger partial charge in [0.15, 0.2) is 0 Å². The van der Waals surface area contributed by atoms with Crippen LogP contribution in [0.5, 0.6) is 0 Å². The molecule has 0 unspecified atom stereocenters. The van der Waals surface area contributed by atoms with Crippen LogP contribution in [0.1, 0.15) is 18.4 Å². The Kier molecular flexibility index (Phi) is 4.15. The zero-order chi connectivity index (χ0) is 13.0. The number of amides is 1. The van der Waals surface area contributed by atoms with Crippen molar-refractivity contribution in [1.29, 1.82) is 0 Å². The van der Waals surface area contributed by atoms with Gasteiger partial charge in [0.2, 0.25) is 0 Å². The van der Waals surface area contributed by atoms with Crippen molar-refractivity contribution in [1.82, 2.24) is 0 Å². The molecule has 0 saturated carbocycles. The maximum Gasteiger partial charge on any atom is 0.250 e. The molecule has 0 N–H and O–H groups in total. The number of rotatable bonds is 3. The second-order valence-electron chi connectivity index (χ2n) is 4.59. The van der Waals surface area contributed by atoms with Gasteiger partial charge in [-0.15, -0.1) is 0 Å². The Morgan fingerprint density at radius 2 is 2.17 bits per heavy atom. The third-order valence-electron chi connectivity index (χ3n) is 3.25. The van der Waals surface area contributed by atoms with E-state index >= 15 is 0 Å². The van der Waals surface area contributed by atoms with E-state index in [2.05, 4.69) is 6.58 Å². The number of aryl methyl sites for hydroxylation is 1. The van der Waals surface area contributed by atoms with Gasteiger partial charge in [-0.2, -0.15) is 0 Å². The van der Waals surface area contributed by atoms with Gasteiger partial charge >= 0.3 is 0 Å². The number of hydrogen-bond acceptors (Lipinski definition) is 2. The summed E-state index contributed by atoms with van der Waals surface area (Å²) in [4.78, 5) is 13.9. The van der Waals surface area contributed by atoms with Crippen LogP contribution in [0, 0.1) is 6.92 Å². The average molecular weight is 245 g/mol. The van der Waals surface area contributed by atoms with Crippen LogP contribution >= 0.6 is 0 Å². The fraction of sp³-hybridized carbons (Fsp3) is 0.400. The number of carbonyl (C=O) groups excluding carboxylic acids is 1. The molecule has 96 valence electrons. The van der Waals surface area contributed by atoms with E-state index in [1.165, 1.54) is 6.08 Å². The van der Waals surface area contributed by atoms with Crippen molar-refractivity contribution in [2.45, 2.75) is 25.8 Å². The van der Waals surface area contributed by atoms with E-state index in [4.69, 9.17) is 4.74 Å². The maximum atomic E-state index is 12.1. The van der Waals surface area contributed by atoms with Gasteiger partial charge in [-0.3, -0.25) is 4.79 Å². The number of hydrogen-bond donors (Lipinski definition) is 0. The third-order valence-corrected chi connectivity index (χ3v) is 3.25. The number of benzene rings is 1. The molecule has 1 aliphatic heterocycles. The first-order valence-corrected chi connectivity index (χ1v) is 6.32. The largest absolute Gasteiger partial charge is 0.381 e. The van der Waals surface area contributed by atoms with Crippen LogP contribution in [-0.4, -0.2) is 25.2 Å². The molecule has 1 fully saturated rings. The van der Waals surface area contributed by atoms with Crippen molar-refractivity contribution in [3.05, 3.63) is 42.5 Å². The van der Waals surface area contributed by atoms with Crippen LogP contribution in [0.3, 0.4) is 0 Å². The van der Waals surface area contributed by atoms with E-state index in [0.29, 0.717) is 0 Å². The normalized spacial score (nSPS) is 16.3. The first kappa shape index (κ1) is 12.8. The van der Waals surface area contributed by atoms with Gasteiger partial charge in [0.05, 0.1) is 0 Å². The summed E-state index contributed by atoms with van der Waals surface area (Å²) in [5.41, 5.74) is 2.10. The summed E-state index contributed by atoms with van der Waals surface area (Å²) >= 11 is 0. The summed E-state index contributed by atoms with van der Waals surface area (Å²) in [7, 11) is 0. The highest BCUT2D eigenvalue weighted by Crippen LogP contribution is 2.24. The van der Waals surface area contributed by atoms with Gasteiger partial charge in [-0.1, -0.05) is 18.7 Å². The van der Waals surface area contributed by atoms with Gasteiger partial charge in [0.1, 0.15) is 0 Å². The fourth-order valence-corrected chi connectivity index (χ4v) is 2.34. The molecule has 0 atom stereocenters. The summed E-state index contributed by atoms with van der Waals surface area (Å²) < 4.78 is 5.36. The molecule has 1 amide bonds.